The van der Waals surface area contributed by atoms with Crippen LogP contribution in [0, 0.1) is 13.8 Å². The van der Waals surface area contributed by atoms with Crippen molar-refractivity contribution < 1.29 is 19.1 Å². The minimum Gasteiger partial charge on any atom is -0.468 e. The molecule has 0 unspecified atom stereocenters. The number of esters is 1. The fourth-order valence-electron chi connectivity index (χ4n) is 2.72. The Labute approximate surface area is 152 Å². The highest BCUT2D eigenvalue weighted by molar-refractivity contribution is 6.43. The molecule has 138 valence electrons. The van der Waals surface area contributed by atoms with Gasteiger partial charge in [-0.1, -0.05) is 18.2 Å². The average molecular weight is 357 g/mol. The number of methoxy groups -OCH3 is 1. The van der Waals surface area contributed by atoms with Crippen molar-refractivity contribution in [2.75, 3.05) is 13.7 Å². The number of aryl methyl sites for hydroxylation is 1. The van der Waals surface area contributed by atoms with Crippen molar-refractivity contribution in [1.82, 2.24) is 14.7 Å². The van der Waals surface area contributed by atoms with E-state index in [4.69, 9.17) is 0 Å². The van der Waals surface area contributed by atoms with Gasteiger partial charge in [0.1, 0.15) is 6.54 Å². The number of carbonyl (C=O) groups excluding carboxylic acids is 3. The van der Waals surface area contributed by atoms with E-state index in [9.17, 15) is 14.4 Å². The molecular formula is C19H23N3O4. The van der Waals surface area contributed by atoms with Gasteiger partial charge in [-0.05, 0) is 39.8 Å². The number of amides is 1. The Morgan fingerprint density at radius 1 is 1.15 bits per heavy atom. The van der Waals surface area contributed by atoms with E-state index in [1.165, 1.54) is 12.0 Å². The average Bonchev–Trinajstić information content (AvgIpc) is 2.93. The second-order valence-electron chi connectivity index (χ2n) is 6.23. The van der Waals surface area contributed by atoms with Crippen molar-refractivity contribution in [3.8, 4) is 5.69 Å². The summed E-state index contributed by atoms with van der Waals surface area (Å²) in [5, 5.41) is 4.40. The van der Waals surface area contributed by atoms with Gasteiger partial charge in [-0.25, -0.2) is 4.68 Å². The number of Topliss-reactive ketones (excluding diaryl/α,β-unsaturated/α-hetero) is 1. The second kappa shape index (κ2) is 7.95. The molecule has 0 bridgehead atoms. The number of hydrogen-bond acceptors (Lipinski definition) is 5. The van der Waals surface area contributed by atoms with Gasteiger partial charge < -0.3 is 9.64 Å². The zero-order valence-corrected chi connectivity index (χ0v) is 15.6. The molecule has 1 amide bonds. The number of benzene rings is 1. The molecule has 0 atom stereocenters. The highest BCUT2D eigenvalue weighted by atomic mass is 16.5. The Morgan fingerprint density at radius 2 is 1.77 bits per heavy atom. The lowest BCUT2D eigenvalue weighted by molar-refractivity contribution is -0.146. The maximum atomic E-state index is 12.9. The topological polar surface area (TPSA) is 81.5 Å². The number of para-hydroxylation sites is 1. The number of hydrogen-bond donors (Lipinski definition) is 0. The van der Waals surface area contributed by atoms with Crippen LogP contribution < -0.4 is 0 Å². The molecule has 1 aromatic carbocycles. The quantitative estimate of drug-likeness (QED) is 0.449. The number of ether oxygens (including phenoxy) is 1. The summed E-state index contributed by atoms with van der Waals surface area (Å²) in [7, 11) is 1.24. The van der Waals surface area contributed by atoms with Crippen LogP contribution in [0.25, 0.3) is 5.69 Å². The predicted octanol–water partition coefficient (Wildman–Crippen LogP) is 2.08. The highest BCUT2D eigenvalue weighted by Crippen LogP contribution is 2.19. The molecule has 0 fully saturated rings. The van der Waals surface area contributed by atoms with Crippen LogP contribution in [0.15, 0.2) is 30.3 Å². The van der Waals surface area contributed by atoms with E-state index < -0.39 is 17.7 Å². The Hall–Kier alpha value is -2.96. The SMILES string of the molecule is COC(=O)CN(C(=O)C(=O)c1c(C)nn(-c2ccccc2)c1C)C(C)C. The van der Waals surface area contributed by atoms with Crippen LogP contribution in [0.5, 0.6) is 0 Å². The van der Waals surface area contributed by atoms with Crippen LogP contribution in [-0.4, -0.2) is 52.0 Å². The minimum absolute atomic E-state index is 0.259. The number of rotatable bonds is 6. The summed E-state index contributed by atoms with van der Waals surface area (Å²) in [6.07, 6.45) is 0. The van der Waals surface area contributed by atoms with E-state index in [0.717, 1.165) is 5.69 Å². The molecule has 0 radical (unpaired) electrons. The maximum absolute atomic E-state index is 12.9. The molecule has 0 saturated carbocycles. The zero-order valence-electron chi connectivity index (χ0n) is 15.6. The molecule has 26 heavy (non-hydrogen) atoms. The molecule has 0 spiro atoms. The third-order valence-corrected chi connectivity index (χ3v) is 4.12. The first-order valence-electron chi connectivity index (χ1n) is 8.31. The largest absolute Gasteiger partial charge is 0.468 e. The Balaban J connectivity index is 2.38. The van der Waals surface area contributed by atoms with Crippen molar-refractivity contribution >= 4 is 17.7 Å². The lowest BCUT2D eigenvalue weighted by Crippen LogP contribution is -2.44. The third-order valence-electron chi connectivity index (χ3n) is 4.12. The number of carbonyl (C=O) groups is 3. The third kappa shape index (κ3) is 3.82. The summed E-state index contributed by atoms with van der Waals surface area (Å²) in [5.74, 6) is -2.00. The Morgan fingerprint density at radius 3 is 2.31 bits per heavy atom. The van der Waals surface area contributed by atoms with Gasteiger partial charge in [0.25, 0.3) is 11.7 Å². The molecule has 0 saturated heterocycles. The van der Waals surface area contributed by atoms with Crippen molar-refractivity contribution in [2.45, 2.75) is 33.7 Å². The molecule has 0 aliphatic heterocycles. The highest BCUT2D eigenvalue weighted by Gasteiger charge is 2.31. The van der Waals surface area contributed by atoms with Crippen LogP contribution in [0.2, 0.25) is 0 Å². The molecule has 1 heterocycles. The van der Waals surface area contributed by atoms with E-state index in [2.05, 4.69) is 9.84 Å². The van der Waals surface area contributed by atoms with Gasteiger partial charge >= 0.3 is 5.97 Å². The van der Waals surface area contributed by atoms with Crippen molar-refractivity contribution in [3.05, 3.63) is 47.3 Å². The molecule has 0 N–H and O–H groups in total. The van der Waals surface area contributed by atoms with Gasteiger partial charge in [0.05, 0.1) is 29.7 Å². The summed E-state index contributed by atoms with van der Waals surface area (Å²) in [4.78, 5) is 38.3. The number of ketones is 1. The van der Waals surface area contributed by atoms with Crippen LogP contribution in [0.4, 0.5) is 0 Å². The van der Waals surface area contributed by atoms with Gasteiger partial charge in [-0.2, -0.15) is 5.10 Å². The Bertz CT molecular complexity index is 825. The van der Waals surface area contributed by atoms with Crippen molar-refractivity contribution in [2.24, 2.45) is 0 Å². The maximum Gasteiger partial charge on any atom is 0.325 e. The van der Waals surface area contributed by atoms with Crippen LogP contribution >= 0.6 is 0 Å². The zero-order chi connectivity index (χ0) is 19.4. The monoisotopic (exact) mass is 357 g/mol. The first-order valence-corrected chi connectivity index (χ1v) is 8.31. The first-order chi connectivity index (χ1) is 12.3. The van der Waals surface area contributed by atoms with Gasteiger partial charge in [0.2, 0.25) is 0 Å². The van der Waals surface area contributed by atoms with E-state index in [-0.39, 0.29) is 18.2 Å². The normalized spacial score (nSPS) is 10.7. The van der Waals surface area contributed by atoms with Gasteiger partial charge in [-0.15, -0.1) is 0 Å². The Kier molecular flexibility index (Phi) is 5.92. The lowest BCUT2D eigenvalue weighted by Gasteiger charge is -2.24. The summed E-state index contributed by atoms with van der Waals surface area (Å²) in [6.45, 7) is 6.63. The molecule has 7 nitrogen and oxygen atoms in total. The van der Waals surface area contributed by atoms with Crippen LogP contribution in [-0.2, 0) is 14.3 Å². The van der Waals surface area contributed by atoms with Crippen molar-refractivity contribution in [3.63, 3.8) is 0 Å². The summed E-state index contributed by atoms with van der Waals surface area (Å²) in [6, 6.07) is 9.04. The van der Waals surface area contributed by atoms with Crippen LogP contribution in [0.3, 0.4) is 0 Å². The fraction of sp³-hybridized carbons (Fsp3) is 0.368. The molecule has 0 aliphatic rings. The van der Waals surface area contributed by atoms with E-state index in [0.29, 0.717) is 11.4 Å². The van der Waals surface area contributed by atoms with Gasteiger partial charge in [-0.3, -0.25) is 14.4 Å². The van der Waals surface area contributed by atoms with Crippen molar-refractivity contribution in [1.29, 1.82) is 0 Å². The minimum atomic E-state index is -0.746. The number of nitrogens with zero attached hydrogens (tertiary/aromatic N) is 3. The lowest BCUT2D eigenvalue weighted by atomic mass is 10.1. The van der Waals surface area contributed by atoms with Gasteiger partial charge in [0, 0.05) is 6.04 Å². The molecule has 0 aliphatic carbocycles. The molecule has 1 aromatic heterocycles. The standard InChI is InChI=1S/C19H23N3O4/c1-12(2)21(11-16(23)26-5)19(25)18(24)17-13(3)20-22(14(17)4)15-9-7-6-8-10-15/h6-10,12H,11H2,1-5H3. The summed E-state index contributed by atoms with van der Waals surface area (Å²) < 4.78 is 6.25. The molecule has 7 heteroatoms. The molecule has 2 aromatic rings. The van der Waals surface area contributed by atoms with Gasteiger partial charge in [0.15, 0.2) is 0 Å². The summed E-state index contributed by atoms with van der Waals surface area (Å²) >= 11 is 0. The van der Waals surface area contributed by atoms with E-state index >= 15 is 0 Å². The predicted molar refractivity (Wildman–Crippen MR) is 96.2 cm³/mol. The first kappa shape index (κ1) is 19.4. The second-order valence-corrected chi connectivity index (χ2v) is 6.23. The van der Waals surface area contributed by atoms with E-state index in [1.54, 1.807) is 32.4 Å². The summed E-state index contributed by atoms with van der Waals surface area (Å²) in [5.41, 5.74) is 2.10. The smallest absolute Gasteiger partial charge is 0.325 e. The number of aromatic nitrogens is 2. The molecular weight excluding hydrogens is 334 g/mol. The molecule has 2 rings (SSSR count). The van der Waals surface area contributed by atoms with Crippen LogP contribution in [0.1, 0.15) is 35.6 Å². The van der Waals surface area contributed by atoms with E-state index in [1.807, 2.05) is 30.3 Å². The fourth-order valence-corrected chi connectivity index (χ4v) is 2.72.